The molecule has 3 rings (SSSR count). The van der Waals surface area contributed by atoms with Crippen LogP contribution in [0.1, 0.15) is 12.5 Å². The quantitative estimate of drug-likeness (QED) is 0.684. The molecule has 0 saturated carbocycles. The third-order valence-electron chi connectivity index (χ3n) is 3.77. The summed E-state index contributed by atoms with van der Waals surface area (Å²) in [6.45, 7) is 1.97. The van der Waals surface area contributed by atoms with Crippen molar-refractivity contribution in [2.45, 2.75) is 13.3 Å². The van der Waals surface area contributed by atoms with Crippen LogP contribution >= 0.6 is 0 Å². The van der Waals surface area contributed by atoms with Crippen LogP contribution in [-0.4, -0.2) is 14.2 Å². The lowest BCUT2D eigenvalue weighted by Crippen LogP contribution is -2.31. The molecule has 0 unspecified atom stereocenters. The molecule has 0 N–H and O–H groups in total. The molecule has 0 fully saturated rings. The number of fused-ring (bicyclic) bond motifs is 3. The Morgan fingerprint density at radius 2 is 1.50 bits per heavy atom. The van der Waals surface area contributed by atoms with Gasteiger partial charge in [-0.1, -0.05) is 13.0 Å². The third kappa shape index (κ3) is 1.48. The molecule has 0 aliphatic rings. The van der Waals surface area contributed by atoms with E-state index in [-0.39, 0.29) is 5.43 Å². The first kappa shape index (κ1) is 12.7. The van der Waals surface area contributed by atoms with Crippen molar-refractivity contribution in [1.82, 2.24) is 0 Å². The molecule has 0 heterocycles. The number of rotatable bonds is 3. The molecule has 4 heteroatoms. The smallest absolute Gasteiger partial charge is 0.234 e. The van der Waals surface area contributed by atoms with Crippen molar-refractivity contribution < 1.29 is 9.47 Å². The van der Waals surface area contributed by atoms with E-state index in [1.165, 1.54) is 0 Å². The van der Waals surface area contributed by atoms with Gasteiger partial charge in [0.1, 0.15) is 0 Å². The highest BCUT2D eigenvalue weighted by Gasteiger charge is 2.20. The van der Waals surface area contributed by atoms with Crippen LogP contribution in [0.15, 0.2) is 27.8 Å². The fraction of sp³-hybridized carbons (Fsp3) is 0.250. The zero-order chi connectivity index (χ0) is 14.4. The van der Waals surface area contributed by atoms with E-state index in [1.54, 1.807) is 20.3 Å². The molecule has 102 valence electrons. The van der Waals surface area contributed by atoms with E-state index in [0.29, 0.717) is 28.7 Å². The average molecular weight is 270 g/mol. The highest BCUT2D eigenvalue weighted by molar-refractivity contribution is 6.12. The van der Waals surface area contributed by atoms with Gasteiger partial charge < -0.3 is 9.47 Å². The first-order valence-electron chi connectivity index (χ1n) is 6.43. The third-order valence-corrected chi connectivity index (χ3v) is 3.77. The zero-order valence-electron chi connectivity index (χ0n) is 11.6. The number of methoxy groups -OCH3 is 2. The molecule has 0 aliphatic carbocycles. The first-order chi connectivity index (χ1) is 9.62. The van der Waals surface area contributed by atoms with Crippen LogP contribution in [-0.2, 0) is 6.42 Å². The van der Waals surface area contributed by atoms with Crippen molar-refractivity contribution in [3.63, 3.8) is 0 Å². The molecule has 0 aromatic heterocycles. The van der Waals surface area contributed by atoms with Crippen LogP contribution in [0.3, 0.4) is 0 Å². The second-order valence-corrected chi connectivity index (χ2v) is 4.73. The Morgan fingerprint density at radius 3 is 2.10 bits per heavy atom. The van der Waals surface area contributed by atoms with Crippen LogP contribution < -0.4 is 20.3 Å². The fourth-order valence-electron chi connectivity index (χ4n) is 2.72. The summed E-state index contributed by atoms with van der Waals surface area (Å²) in [5, 5.41) is 2.72. The van der Waals surface area contributed by atoms with Gasteiger partial charge in [-0.15, -0.1) is 0 Å². The van der Waals surface area contributed by atoms with Crippen molar-refractivity contribution in [3.8, 4) is 11.5 Å². The van der Waals surface area contributed by atoms with Gasteiger partial charge in [0.05, 0.1) is 14.2 Å². The van der Waals surface area contributed by atoms with Gasteiger partial charge in [0, 0.05) is 10.8 Å². The lowest BCUT2D eigenvalue weighted by atomic mass is 9.92. The van der Waals surface area contributed by atoms with Gasteiger partial charge in [0.25, 0.3) is 0 Å². The van der Waals surface area contributed by atoms with Crippen LogP contribution in [0.4, 0.5) is 0 Å². The van der Waals surface area contributed by atoms with E-state index < -0.39 is 5.43 Å². The molecule has 20 heavy (non-hydrogen) atoms. The Labute approximate surface area is 115 Å². The Hall–Kier alpha value is -2.36. The summed E-state index contributed by atoms with van der Waals surface area (Å²) in [7, 11) is 3.11. The fourth-order valence-corrected chi connectivity index (χ4v) is 2.72. The van der Waals surface area contributed by atoms with Gasteiger partial charge in [0.2, 0.25) is 10.9 Å². The topological polar surface area (TPSA) is 52.6 Å². The van der Waals surface area contributed by atoms with Gasteiger partial charge in [-0.2, -0.15) is 0 Å². The van der Waals surface area contributed by atoms with Crippen molar-refractivity contribution in [2.24, 2.45) is 0 Å². The van der Waals surface area contributed by atoms with Crippen LogP contribution in [0.5, 0.6) is 11.5 Å². The molecule has 3 aromatic rings. The largest absolute Gasteiger partial charge is 0.493 e. The van der Waals surface area contributed by atoms with E-state index in [0.717, 1.165) is 16.3 Å². The minimum absolute atomic E-state index is 0.381. The second kappa shape index (κ2) is 4.34. The maximum absolute atomic E-state index is 11.9. The van der Waals surface area contributed by atoms with E-state index in [9.17, 15) is 9.59 Å². The van der Waals surface area contributed by atoms with Crippen LogP contribution in [0, 0.1) is 0 Å². The van der Waals surface area contributed by atoms with E-state index in [1.807, 2.05) is 19.1 Å². The Morgan fingerprint density at radius 1 is 0.900 bits per heavy atom. The summed E-state index contributed by atoms with van der Waals surface area (Å²) < 4.78 is 10.5. The SMILES string of the molecule is CCc1cc2cc(OC)c(OC)cc2c2c(=O)c(=O)c12. The predicted molar refractivity (Wildman–Crippen MR) is 78.8 cm³/mol. The molecule has 0 aliphatic heterocycles. The average Bonchev–Trinajstić information content (AvgIpc) is 2.50. The number of hydrogen-bond donors (Lipinski definition) is 0. The molecule has 0 radical (unpaired) electrons. The molecular formula is C16H14O4. The maximum Gasteiger partial charge on any atom is 0.234 e. The second-order valence-electron chi connectivity index (χ2n) is 4.73. The highest BCUT2D eigenvalue weighted by atomic mass is 16.5. The van der Waals surface area contributed by atoms with Gasteiger partial charge in [0.15, 0.2) is 11.5 Å². The molecule has 0 bridgehead atoms. The van der Waals surface area contributed by atoms with Gasteiger partial charge in [-0.05, 0) is 34.9 Å². The maximum atomic E-state index is 11.9. The van der Waals surface area contributed by atoms with E-state index >= 15 is 0 Å². The summed E-state index contributed by atoms with van der Waals surface area (Å²) in [5.41, 5.74) is 0.116. The summed E-state index contributed by atoms with van der Waals surface area (Å²) in [6.07, 6.45) is 0.714. The Bertz CT molecular complexity index is 898. The summed E-state index contributed by atoms with van der Waals surface area (Å²) in [6, 6.07) is 5.54. The number of benzene rings is 2. The normalized spacial score (nSPS) is 11.3. The number of hydrogen-bond acceptors (Lipinski definition) is 4. The lowest BCUT2D eigenvalue weighted by Gasteiger charge is -2.13. The summed E-state index contributed by atoms with van der Waals surface area (Å²) in [5.74, 6) is 1.17. The van der Waals surface area contributed by atoms with Gasteiger partial charge in [-0.25, -0.2) is 0 Å². The summed E-state index contributed by atoms with van der Waals surface area (Å²) in [4.78, 5) is 23.6. The predicted octanol–water partition coefficient (Wildman–Crippen LogP) is 2.17. The number of aryl methyl sites for hydroxylation is 1. The lowest BCUT2D eigenvalue weighted by molar-refractivity contribution is 0.356. The van der Waals surface area contributed by atoms with Crippen molar-refractivity contribution in [1.29, 1.82) is 0 Å². The minimum atomic E-state index is -0.410. The number of ether oxygens (including phenoxy) is 2. The molecular weight excluding hydrogens is 256 g/mol. The van der Waals surface area contributed by atoms with Crippen LogP contribution in [0.2, 0.25) is 0 Å². The molecule has 0 saturated heterocycles. The highest BCUT2D eigenvalue weighted by Crippen LogP contribution is 2.35. The van der Waals surface area contributed by atoms with E-state index in [2.05, 4.69) is 0 Å². The Kier molecular flexibility index (Phi) is 2.74. The molecule has 0 spiro atoms. The van der Waals surface area contributed by atoms with Crippen molar-refractivity contribution in [3.05, 3.63) is 44.2 Å². The standard InChI is InChI=1S/C16H14O4/c1-4-8-5-9-6-11(19-2)12(20-3)7-10(9)14-13(8)15(17)16(14)18/h5-7H,4H2,1-3H3. The molecule has 3 aromatic carbocycles. The summed E-state index contributed by atoms with van der Waals surface area (Å²) >= 11 is 0. The molecule has 4 nitrogen and oxygen atoms in total. The first-order valence-corrected chi connectivity index (χ1v) is 6.43. The van der Waals surface area contributed by atoms with Gasteiger partial charge >= 0.3 is 0 Å². The molecule has 0 atom stereocenters. The van der Waals surface area contributed by atoms with E-state index in [4.69, 9.17) is 9.47 Å². The monoisotopic (exact) mass is 270 g/mol. The van der Waals surface area contributed by atoms with Crippen molar-refractivity contribution in [2.75, 3.05) is 14.2 Å². The van der Waals surface area contributed by atoms with Crippen LogP contribution in [0.25, 0.3) is 21.5 Å². The Balaban J connectivity index is 2.50. The minimum Gasteiger partial charge on any atom is -0.493 e. The van der Waals surface area contributed by atoms with Crippen molar-refractivity contribution >= 4 is 21.5 Å². The molecule has 0 amide bonds. The van der Waals surface area contributed by atoms with Gasteiger partial charge in [-0.3, -0.25) is 9.59 Å². The zero-order valence-corrected chi connectivity index (χ0v) is 11.6.